The summed E-state index contributed by atoms with van der Waals surface area (Å²) in [6.45, 7) is 6.23. The summed E-state index contributed by atoms with van der Waals surface area (Å²) in [6.07, 6.45) is 0. The maximum atomic E-state index is 5.92. The molecule has 0 saturated heterocycles. The van der Waals surface area contributed by atoms with Gasteiger partial charge in [0.1, 0.15) is 11.3 Å². The average molecular weight is 382 g/mol. The highest BCUT2D eigenvalue weighted by Crippen LogP contribution is 2.26. The van der Waals surface area contributed by atoms with Crippen molar-refractivity contribution in [1.82, 2.24) is 4.98 Å². The normalized spacial score (nSPS) is 10.7. The van der Waals surface area contributed by atoms with Crippen LogP contribution in [0.4, 0.5) is 0 Å². The van der Waals surface area contributed by atoms with Gasteiger partial charge in [-0.1, -0.05) is 59.7 Å². The molecule has 0 fully saturated rings. The Morgan fingerprint density at radius 3 is 2.21 bits per heavy atom. The van der Waals surface area contributed by atoms with Crippen molar-refractivity contribution < 1.29 is 7.58 Å². The molecule has 3 nitrogen and oxygen atoms in total. The van der Waals surface area contributed by atoms with Crippen LogP contribution in [0.5, 0.6) is 11.5 Å². The highest BCUT2D eigenvalue weighted by Gasteiger charge is 2.10. The molecular weight excluding hydrogens is 361 g/mol. The summed E-state index contributed by atoms with van der Waals surface area (Å²) >= 11 is -0.674. The molecular formula is C24H21AlNO2. The lowest BCUT2D eigenvalue weighted by molar-refractivity contribution is 0.461. The first-order valence-electron chi connectivity index (χ1n) is 9.28. The van der Waals surface area contributed by atoms with Crippen LogP contribution in [0.1, 0.15) is 16.8 Å². The van der Waals surface area contributed by atoms with Gasteiger partial charge in [0.05, 0.1) is 5.75 Å². The molecule has 1 heterocycles. The molecule has 0 bridgehead atoms. The van der Waals surface area contributed by atoms with E-state index in [0.717, 1.165) is 28.1 Å². The number of hydrogen-bond acceptors (Lipinski definition) is 3. The van der Waals surface area contributed by atoms with Crippen LogP contribution >= 0.6 is 0 Å². The number of benzene rings is 3. The Labute approximate surface area is 172 Å². The summed E-state index contributed by atoms with van der Waals surface area (Å²) in [5, 5.41) is 1.07. The van der Waals surface area contributed by atoms with Crippen molar-refractivity contribution in [3.05, 3.63) is 89.6 Å². The predicted octanol–water partition coefficient (Wildman–Crippen LogP) is 5.82. The van der Waals surface area contributed by atoms with E-state index in [9.17, 15) is 0 Å². The number of para-hydroxylation sites is 1. The lowest BCUT2D eigenvalue weighted by atomic mass is 10.0. The topological polar surface area (TPSA) is 31.4 Å². The van der Waals surface area contributed by atoms with Gasteiger partial charge in [-0.25, -0.2) is 4.98 Å². The van der Waals surface area contributed by atoms with Gasteiger partial charge in [0.2, 0.25) is 0 Å². The van der Waals surface area contributed by atoms with Gasteiger partial charge in [-0.05, 0) is 56.2 Å². The van der Waals surface area contributed by atoms with E-state index in [0.29, 0.717) is 0 Å². The molecule has 4 aromatic rings. The zero-order chi connectivity index (χ0) is 19.5. The van der Waals surface area contributed by atoms with Crippen LogP contribution in [0, 0.1) is 20.8 Å². The smallest absolute Gasteiger partial charge is 0.616 e. The van der Waals surface area contributed by atoms with Crippen LogP contribution in [-0.4, -0.2) is 20.9 Å². The molecule has 0 aliphatic rings. The summed E-state index contributed by atoms with van der Waals surface area (Å²) in [5.74, 6) is 1.58. The fraction of sp³-hybridized carbons (Fsp3) is 0.125. The van der Waals surface area contributed by atoms with Crippen LogP contribution in [0.3, 0.4) is 0 Å². The number of nitrogens with zero attached hydrogens (tertiary/aromatic N) is 1. The summed E-state index contributed by atoms with van der Waals surface area (Å²) in [6, 6.07) is 24.8. The van der Waals surface area contributed by atoms with Gasteiger partial charge in [-0.2, -0.15) is 0 Å². The average Bonchev–Trinajstić information content (AvgIpc) is 2.68. The maximum Gasteiger partial charge on any atom is 0.881 e. The van der Waals surface area contributed by atoms with Crippen molar-refractivity contribution in [2.45, 2.75) is 20.8 Å². The van der Waals surface area contributed by atoms with Gasteiger partial charge in [0, 0.05) is 11.1 Å². The van der Waals surface area contributed by atoms with Crippen LogP contribution in [-0.2, 0) is 0 Å². The number of hydrogen-bond donors (Lipinski definition) is 0. The van der Waals surface area contributed by atoms with Gasteiger partial charge in [-0.3, -0.25) is 0 Å². The molecule has 0 unspecified atom stereocenters. The van der Waals surface area contributed by atoms with Crippen LogP contribution in [0.25, 0.3) is 22.0 Å². The molecule has 0 saturated carbocycles. The second-order valence-corrected chi connectivity index (χ2v) is 7.68. The Hall–Kier alpha value is -2.80. The zero-order valence-electron chi connectivity index (χ0n) is 16.3. The molecule has 1 aromatic heterocycles. The number of pyridine rings is 1. The van der Waals surface area contributed by atoms with Gasteiger partial charge < -0.3 is 7.58 Å². The van der Waals surface area contributed by atoms with E-state index in [1.165, 1.54) is 22.3 Å². The lowest BCUT2D eigenvalue weighted by Crippen LogP contribution is -2.11. The van der Waals surface area contributed by atoms with Crippen molar-refractivity contribution in [1.29, 1.82) is 0 Å². The van der Waals surface area contributed by atoms with Crippen molar-refractivity contribution >= 4 is 26.8 Å². The minimum atomic E-state index is -0.674. The van der Waals surface area contributed by atoms with E-state index in [-0.39, 0.29) is 0 Å². The first-order valence-corrected chi connectivity index (χ1v) is 10.2. The third kappa shape index (κ3) is 4.20. The Morgan fingerprint density at radius 1 is 0.714 bits per heavy atom. The fourth-order valence-electron chi connectivity index (χ4n) is 3.31. The molecule has 0 N–H and O–H groups in total. The first-order chi connectivity index (χ1) is 13.6. The van der Waals surface area contributed by atoms with E-state index < -0.39 is 15.9 Å². The summed E-state index contributed by atoms with van der Waals surface area (Å²) in [5.41, 5.74) is 6.80. The van der Waals surface area contributed by atoms with Crippen LogP contribution in [0.15, 0.2) is 72.8 Å². The van der Waals surface area contributed by atoms with Crippen LogP contribution in [0.2, 0.25) is 0 Å². The van der Waals surface area contributed by atoms with Gasteiger partial charge in [0.15, 0.2) is 0 Å². The molecule has 0 aliphatic carbocycles. The molecule has 28 heavy (non-hydrogen) atoms. The summed E-state index contributed by atoms with van der Waals surface area (Å²) in [7, 11) is 0. The van der Waals surface area contributed by atoms with Gasteiger partial charge >= 0.3 is 15.9 Å². The predicted molar refractivity (Wildman–Crippen MR) is 115 cm³/mol. The Bertz CT molecular complexity index is 1100. The molecule has 4 heteroatoms. The summed E-state index contributed by atoms with van der Waals surface area (Å²) < 4.78 is 11.8. The second kappa shape index (κ2) is 8.06. The van der Waals surface area contributed by atoms with E-state index in [1.807, 2.05) is 43.3 Å². The van der Waals surface area contributed by atoms with Crippen molar-refractivity contribution in [2.24, 2.45) is 0 Å². The minimum absolute atomic E-state index is 0.674. The molecule has 1 radical (unpaired) electrons. The van der Waals surface area contributed by atoms with E-state index in [1.54, 1.807) is 0 Å². The maximum absolute atomic E-state index is 5.92. The molecule has 0 spiro atoms. The van der Waals surface area contributed by atoms with E-state index in [4.69, 9.17) is 7.58 Å². The van der Waals surface area contributed by atoms with Crippen molar-refractivity contribution in [3.8, 4) is 22.6 Å². The lowest BCUT2D eigenvalue weighted by Gasteiger charge is -2.11. The first kappa shape index (κ1) is 18.6. The van der Waals surface area contributed by atoms with Crippen molar-refractivity contribution in [3.63, 3.8) is 0 Å². The molecule has 0 amide bonds. The Morgan fingerprint density at radius 2 is 1.46 bits per heavy atom. The second-order valence-electron chi connectivity index (χ2n) is 7.01. The largest absolute Gasteiger partial charge is 0.881 e. The van der Waals surface area contributed by atoms with Crippen molar-refractivity contribution in [2.75, 3.05) is 0 Å². The number of fused-ring (bicyclic) bond motifs is 1. The molecule has 0 atom stereocenters. The fourth-order valence-corrected chi connectivity index (χ4v) is 3.92. The SMILES string of the molecule is Cc1cc(C)cc(-c2ccc([O][Al][O]c3cccc4ccc(C)nc34)cc2)c1. The third-order valence-corrected chi connectivity index (χ3v) is 5.31. The molecule has 0 aliphatic heterocycles. The molecule has 137 valence electrons. The highest BCUT2D eigenvalue weighted by atomic mass is 27.2. The van der Waals surface area contributed by atoms with Gasteiger partial charge in [0.25, 0.3) is 0 Å². The standard InChI is InChI=1S/C14H14O.C10H9NO.Al/c1-10-7-11(2)9-13(8-10)12-3-5-14(15)6-4-12;1-7-5-6-8-3-2-4-9(12)10(8)11-7;/h3-9,15H,1-2H3;2-6,12H,1H3;/q;;+2/p-2. The highest BCUT2D eigenvalue weighted by molar-refractivity contribution is 6.21. The Kier molecular flexibility index (Phi) is 5.34. The molecule has 3 aromatic carbocycles. The monoisotopic (exact) mass is 382 g/mol. The minimum Gasteiger partial charge on any atom is -0.616 e. The zero-order valence-corrected chi connectivity index (χ0v) is 17.4. The number of aromatic nitrogens is 1. The van der Waals surface area contributed by atoms with E-state index in [2.05, 4.69) is 55.2 Å². The quantitative estimate of drug-likeness (QED) is 0.408. The number of aryl methyl sites for hydroxylation is 3. The molecule has 4 rings (SSSR count). The number of rotatable bonds is 5. The third-order valence-electron chi connectivity index (χ3n) is 4.59. The Balaban J connectivity index is 1.44. The van der Waals surface area contributed by atoms with Crippen LogP contribution < -0.4 is 7.58 Å². The van der Waals surface area contributed by atoms with Gasteiger partial charge in [-0.15, -0.1) is 0 Å². The summed E-state index contributed by atoms with van der Waals surface area (Å²) in [4.78, 5) is 4.59. The van der Waals surface area contributed by atoms with E-state index >= 15 is 0 Å².